The van der Waals surface area contributed by atoms with Crippen LogP contribution >= 0.6 is 0 Å². The van der Waals surface area contributed by atoms with Gasteiger partial charge in [0, 0.05) is 38.2 Å². The highest BCUT2D eigenvalue weighted by Crippen LogP contribution is 2.37. The molecule has 0 radical (unpaired) electrons. The van der Waals surface area contributed by atoms with E-state index in [0.29, 0.717) is 24.1 Å². The van der Waals surface area contributed by atoms with Crippen LogP contribution in [0.15, 0.2) is 24.3 Å². The number of aromatic nitrogens is 3. The fraction of sp³-hybridized carbons (Fsp3) is 0.458. The molecular formula is C24H29F3N6O3. The number of nitrogens with zero attached hydrogens (tertiary/aromatic N) is 4. The molecule has 3 N–H and O–H groups in total. The number of anilines is 1. The Bertz CT molecular complexity index is 1260. The Labute approximate surface area is 206 Å². The quantitative estimate of drug-likeness (QED) is 0.472. The van der Waals surface area contributed by atoms with E-state index < -0.39 is 23.9 Å². The van der Waals surface area contributed by atoms with Crippen molar-refractivity contribution in [3.8, 4) is 11.3 Å². The van der Waals surface area contributed by atoms with E-state index in [-0.39, 0.29) is 47.5 Å². The summed E-state index contributed by atoms with van der Waals surface area (Å²) in [7, 11) is 6.60. The number of rotatable bonds is 6. The zero-order chi connectivity index (χ0) is 26.2. The van der Waals surface area contributed by atoms with Gasteiger partial charge in [-0.15, -0.1) is 0 Å². The van der Waals surface area contributed by atoms with E-state index in [1.807, 2.05) is 0 Å². The maximum atomic E-state index is 14.0. The first-order valence-electron chi connectivity index (χ1n) is 11.4. The molecular weight excluding hydrogens is 477 g/mol. The molecule has 0 bridgehead atoms. The van der Waals surface area contributed by atoms with Crippen LogP contribution in [0.5, 0.6) is 0 Å². The SMILES string of the molecule is CN(C)Cc1ccc(-c2nc(N[C@@H]3CCOC[C@H]3O)nc3[nH]c(C(=O)N(C)C)cc23)cc1C(F)(F)F. The van der Waals surface area contributed by atoms with Crippen molar-refractivity contribution >= 4 is 22.9 Å². The normalized spacial score (nSPS) is 18.6. The Balaban J connectivity index is 1.86. The van der Waals surface area contributed by atoms with Gasteiger partial charge in [-0.2, -0.15) is 18.2 Å². The Kier molecular flexibility index (Phi) is 7.21. The van der Waals surface area contributed by atoms with Crippen molar-refractivity contribution in [1.29, 1.82) is 0 Å². The molecule has 194 valence electrons. The van der Waals surface area contributed by atoms with Gasteiger partial charge >= 0.3 is 6.18 Å². The van der Waals surface area contributed by atoms with Crippen LogP contribution in [-0.2, 0) is 17.5 Å². The Morgan fingerprint density at radius 2 is 1.97 bits per heavy atom. The van der Waals surface area contributed by atoms with E-state index in [2.05, 4.69) is 20.3 Å². The van der Waals surface area contributed by atoms with E-state index in [9.17, 15) is 23.1 Å². The number of benzene rings is 1. The Morgan fingerprint density at radius 1 is 1.22 bits per heavy atom. The van der Waals surface area contributed by atoms with Gasteiger partial charge in [-0.05, 0) is 38.2 Å². The summed E-state index contributed by atoms with van der Waals surface area (Å²) in [5.41, 5.74) is 0.377. The number of aliphatic hydroxyl groups excluding tert-OH is 1. The largest absolute Gasteiger partial charge is 0.416 e. The van der Waals surface area contributed by atoms with Crippen LogP contribution in [0.25, 0.3) is 22.3 Å². The fourth-order valence-electron chi connectivity index (χ4n) is 4.17. The van der Waals surface area contributed by atoms with Crippen LogP contribution in [0.2, 0.25) is 0 Å². The van der Waals surface area contributed by atoms with Gasteiger partial charge < -0.3 is 29.9 Å². The Hall–Kier alpha value is -3.22. The maximum absolute atomic E-state index is 14.0. The smallest absolute Gasteiger partial charge is 0.389 e. The molecule has 12 heteroatoms. The standard InChI is InChI=1S/C24H29F3N6O3/c1-32(2)11-14-6-5-13(9-16(14)24(25,26)27)20-15-10-18(22(35)33(3)4)28-21(15)31-23(30-20)29-17-7-8-36-12-19(17)34/h5-6,9-10,17,19,34H,7-8,11-12H2,1-4H3,(H2,28,29,30,31)/t17-,19-/m1/s1. The lowest BCUT2D eigenvalue weighted by atomic mass is 10.00. The van der Waals surface area contributed by atoms with Crippen molar-refractivity contribution in [3.63, 3.8) is 0 Å². The molecule has 3 aromatic rings. The number of hydrogen-bond acceptors (Lipinski definition) is 7. The molecule has 36 heavy (non-hydrogen) atoms. The molecule has 3 heterocycles. The predicted octanol–water partition coefficient (Wildman–Crippen LogP) is 2.97. The van der Waals surface area contributed by atoms with Crippen LogP contribution < -0.4 is 5.32 Å². The number of hydrogen-bond donors (Lipinski definition) is 3. The first-order valence-corrected chi connectivity index (χ1v) is 11.4. The van der Waals surface area contributed by atoms with Gasteiger partial charge in [0.25, 0.3) is 5.91 Å². The third-order valence-corrected chi connectivity index (χ3v) is 5.94. The number of carbonyl (C=O) groups is 1. The lowest BCUT2D eigenvalue weighted by Crippen LogP contribution is -2.42. The molecule has 0 unspecified atom stereocenters. The summed E-state index contributed by atoms with van der Waals surface area (Å²) >= 11 is 0. The third-order valence-electron chi connectivity index (χ3n) is 5.94. The average molecular weight is 507 g/mol. The molecule has 1 aliphatic rings. The minimum atomic E-state index is -4.56. The predicted molar refractivity (Wildman–Crippen MR) is 129 cm³/mol. The van der Waals surface area contributed by atoms with E-state index in [0.717, 1.165) is 6.07 Å². The number of halogens is 3. The number of fused-ring (bicyclic) bond motifs is 1. The lowest BCUT2D eigenvalue weighted by molar-refractivity contribution is -0.138. The summed E-state index contributed by atoms with van der Waals surface area (Å²) in [4.78, 5) is 27.6. The van der Waals surface area contributed by atoms with Gasteiger partial charge in [0.1, 0.15) is 11.3 Å². The molecule has 0 spiro atoms. The summed E-state index contributed by atoms with van der Waals surface area (Å²) in [6, 6.07) is 5.26. The monoisotopic (exact) mass is 506 g/mol. The highest BCUT2D eigenvalue weighted by molar-refractivity contribution is 6.01. The highest BCUT2D eigenvalue weighted by Gasteiger charge is 2.34. The second-order valence-corrected chi connectivity index (χ2v) is 9.33. The summed E-state index contributed by atoms with van der Waals surface area (Å²) in [5, 5.41) is 13.8. The van der Waals surface area contributed by atoms with E-state index in [4.69, 9.17) is 4.74 Å². The fourth-order valence-corrected chi connectivity index (χ4v) is 4.17. The van der Waals surface area contributed by atoms with Gasteiger partial charge in [-0.25, -0.2) is 4.98 Å². The molecule has 2 aromatic heterocycles. The van der Waals surface area contributed by atoms with Crippen molar-refractivity contribution in [2.24, 2.45) is 0 Å². The van der Waals surface area contributed by atoms with E-state index in [1.165, 1.54) is 11.0 Å². The topological polar surface area (TPSA) is 107 Å². The number of nitrogens with one attached hydrogen (secondary N) is 2. The summed E-state index contributed by atoms with van der Waals surface area (Å²) < 4.78 is 47.2. The van der Waals surface area contributed by atoms with E-state index >= 15 is 0 Å². The molecule has 1 saturated heterocycles. The van der Waals surface area contributed by atoms with Crippen LogP contribution in [0.1, 0.15) is 28.0 Å². The summed E-state index contributed by atoms with van der Waals surface area (Å²) in [5.74, 6) is -0.189. The van der Waals surface area contributed by atoms with Crippen molar-refractivity contribution in [1.82, 2.24) is 24.8 Å². The van der Waals surface area contributed by atoms with Gasteiger partial charge in [0.05, 0.1) is 30.0 Å². The van der Waals surface area contributed by atoms with Crippen LogP contribution in [0.3, 0.4) is 0 Å². The minimum absolute atomic E-state index is 0.119. The number of amides is 1. The second-order valence-electron chi connectivity index (χ2n) is 9.33. The number of aliphatic hydroxyl groups is 1. The first-order chi connectivity index (χ1) is 16.9. The molecule has 2 atom stereocenters. The van der Waals surface area contributed by atoms with E-state index in [1.54, 1.807) is 45.2 Å². The zero-order valence-electron chi connectivity index (χ0n) is 20.5. The number of alkyl halides is 3. The number of H-pyrrole nitrogens is 1. The van der Waals surface area contributed by atoms with Crippen LogP contribution in [-0.4, -0.2) is 89.3 Å². The highest BCUT2D eigenvalue weighted by atomic mass is 19.4. The van der Waals surface area contributed by atoms with Gasteiger partial charge in [0.15, 0.2) is 0 Å². The van der Waals surface area contributed by atoms with Crippen LogP contribution in [0.4, 0.5) is 19.1 Å². The van der Waals surface area contributed by atoms with Crippen molar-refractivity contribution in [3.05, 3.63) is 41.1 Å². The van der Waals surface area contributed by atoms with Gasteiger partial charge in [-0.3, -0.25) is 4.79 Å². The maximum Gasteiger partial charge on any atom is 0.416 e. The molecule has 1 amide bonds. The van der Waals surface area contributed by atoms with Crippen molar-refractivity contribution in [2.75, 3.05) is 46.7 Å². The minimum Gasteiger partial charge on any atom is -0.389 e. The third kappa shape index (κ3) is 5.45. The molecule has 4 rings (SSSR count). The average Bonchev–Trinajstić information content (AvgIpc) is 3.23. The molecule has 1 fully saturated rings. The molecule has 1 aliphatic heterocycles. The summed E-state index contributed by atoms with van der Waals surface area (Å²) in [6.45, 7) is 0.712. The second kappa shape index (κ2) is 10.0. The van der Waals surface area contributed by atoms with Crippen LogP contribution in [0, 0.1) is 0 Å². The number of aromatic amines is 1. The zero-order valence-corrected chi connectivity index (χ0v) is 20.5. The molecule has 9 nitrogen and oxygen atoms in total. The lowest BCUT2D eigenvalue weighted by Gasteiger charge is -2.28. The molecule has 0 aliphatic carbocycles. The number of carbonyl (C=O) groups excluding carboxylic acids is 1. The van der Waals surface area contributed by atoms with Gasteiger partial charge in [0.2, 0.25) is 5.95 Å². The Morgan fingerprint density at radius 3 is 2.61 bits per heavy atom. The first kappa shape index (κ1) is 25.9. The number of ether oxygens (including phenoxy) is 1. The van der Waals surface area contributed by atoms with Crippen molar-refractivity contribution < 1.29 is 27.8 Å². The van der Waals surface area contributed by atoms with Gasteiger partial charge in [-0.1, -0.05) is 12.1 Å². The van der Waals surface area contributed by atoms with Crippen molar-refractivity contribution in [2.45, 2.75) is 31.3 Å². The molecule has 1 aromatic carbocycles. The summed E-state index contributed by atoms with van der Waals surface area (Å²) in [6.07, 6.45) is -4.85. The molecule has 0 saturated carbocycles.